The van der Waals surface area contributed by atoms with Gasteiger partial charge in [-0.3, -0.25) is 19.2 Å². The SMILES string of the molecule is COC(=O)CN(C(=O)C1CCCCC1c1ncc(-c2ccc(-c3ccc(-c4cnc(C5CCCN5C(=O)C(OC)C(C)C)[nH]4)cc3)cc2)[nH]1)C(C)C.NC=O. The number of imidazole rings is 2. The monoisotopic (exact) mass is 753 g/mol. The van der Waals surface area contributed by atoms with E-state index in [0.29, 0.717) is 6.54 Å². The number of methoxy groups -OCH3 is 2. The fraction of sp³-hybridized carbons (Fsp3) is 0.476. The molecule has 0 bridgehead atoms. The standard InChI is InChI=1S/C41H52N6O5.CH3NO/c1-25(2)37(52-6)41(50)46-21-9-12-35(46)39-43-23-34(45-39)30-19-15-28(16-20-30)27-13-17-29(18-14-27)33-22-42-38(44-33)31-10-7-8-11-32(31)40(49)47(26(3)4)24-36(48)51-5;2-1-3/h13-20,22-23,25-26,31-32,35,37H,7-12,21,24H2,1-6H3,(H,42,44)(H,43,45);1H,(H2,2,3). The Morgan fingerprint density at radius 1 is 0.836 bits per heavy atom. The Morgan fingerprint density at radius 3 is 1.89 bits per heavy atom. The van der Waals surface area contributed by atoms with E-state index < -0.39 is 12.1 Å². The van der Waals surface area contributed by atoms with Gasteiger partial charge in [-0.1, -0.05) is 75.2 Å². The van der Waals surface area contributed by atoms with E-state index in [9.17, 15) is 14.4 Å². The number of carbonyl (C=O) groups is 4. The largest absolute Gasteiger partial charge is 0.468 e. The molecular weight excluding hydrogens is 699 g/mol. The zero-order valence-corrected chi connectivity index (χ0v) is 32.8. The number of nitrogens with one attached hydrogen (secondary N) is 2. The summed E-state index contributed by atoms with van der Waals surface area (Å²) in [5, 5.41) is 0. The van der Waals surface area contributed by atoms with Gasteiger partial charge < -0.3 is 35.0 Å². The van der Waals surface area contributed by atoms with Crippen LogP contribution in [0.1, 0.15) is 89.8 Å². The van der Waals surface area contributed by atoms with Gasteiger partial charge in [-0.05, 0) is 67.7 Å². The normalized spacial score (nSPS) is 18.8. The minimum absolute atomic E-state index is 0.0129. The number of hydrogen-bond donors (Lipinski definition) is 3. The highest BCUT2D eigenvalue weighted by Crippen LogP contribution is 2.39. The van der Waals surface area contributed by atoms with Gasteiger partial charge in [0.05, 0.1) is 36.9 Å². The van der Waals surface area contributed by atoms with Crippen LogP contribution in [-0.4, -0.2) is 93.4 Å². The maximum Gasteiger partial charge on any atom is 0.325 e. The molecule has 2 aromatic heterocycles. The third kappa shape index (κ3) is 9.51. The minimum Gasteiger partial charge on any atom is -0.468 e. The number of aromatic nitrogens is 4. The van der Waals surface area contributed by atoms with Crippen LogP contribution in [0.2, 0.25) is 0 Å². The third-order valence-corrected chi connectivity index (χ3v) is 10.7. The predicted octanol–water partition coefficient (Wildman–Crippen LogP) is 6.25. The average Bonchev–Trinajstić information content (AvgIpc) is 3.99. The molecule has 3 amide bonds. The van der Waals surface area contributed by atoms with E-state index in [1.54, 1.807) is 12.0 Å². The number of esters is 1. The number of likely N-dealkylation sites (tertiary alicyclic amines) is 1. The van der Waals surface area contributed by atoms with Gasteiger partial charge in [0.25, 0.3) is 5.91 Å². The van der Waals surface area contributed by atoms with Crippen molar-refractivity contribution < 1.29 is 28.7 Å². The highest BCUT2D eigenvalue weighted by molar-refractivity contribution is 5.85. The molecule has 1 saturated heterocycles. The topological polar surface area (TPSA) is 177 Å². The van der Waals surface area contributed by atoms with Gasteiger partial charge in [0.15, 0.2) is 0 Å². The second-order valence-electron chi connectivity index (χ2n) is 14.9. The van der Waals surface area contributed by atoms with Crippen molar-refractivity contribution in [3.63, 3.8) is 0 Å². The number of hydrogen-bond acceptors (Lipinski definition) is 8. The number of amides is 3. The van der Waals surface area contributed by atoms with Crippen LogP contribution in [0.5, 0.6) is 0 Å². The predicted molar refractivity (Wildman–Crippen MR) is 210 cm³/mol. The summed E-state index contributed by atoms with van der Waals surface area (Å²) in [5.74, 6) is 1.05. The van der Waals surface area contributed by atoms with Gasteiger partial charge >= 0.3 is 5.97 Å². The van der Waals surface area contributed by atoms with E-state index in [1.807, 2.05) is 45.0 Å². The highest BCUT2D eigenvalue weighted by atomic mass is 16.5. The molecule has 4 aromatic rings. The number of carbonyl (C=O) groups excluding carboxylic acids is 4. The van der Waals surface area contributed by atoms with Crippen LogP contribution in [0.15, 0.2) is 60.9 Å². The number of primary amides is 1. The van der Waals surface area contributed by atoms with Gasteiger partial charge in [-0.25, -0.2) is 9.97 Å². The molecule has 4 atom stereocenters. The Labute approximate surface area is 323 Å². The molecule has 1 saturated carbocycles. The second-order valence-corrected chi connectivity index (χ2v) is 14.9. The molecule has 2 aromatic carbocycles. The van der Waals surface area contributed by atoms with Crippen LogP contribution in [0.3, 0.4) is 0 Å². The molecule has 2 aliphatic rings. The average molecular weight is 754 g/mol. The van der Waals surface area contributed by atoms with Crippen molar-refractivity contribution in [2.24, 2.45) is 17.6 Å². The van der Waals surface area contributed by atoms with Crippen LogP contribution >= 0.6 is 0 Å². The van der Waals surface area contributed by atoms with Crippen molar-refractivity contribution in [3.05, 3.63) is 72.6 Å². The molecule has 0 spiro atoms. The number of nitrogens with zero attached hydrogens (tertiary/aromatic N) is 4. The second kappa shape index (κ2) is 18.8. The van der Waals surface area contributed by atoms with Crippen LogP contribution in [0, 0.1) is 11.8 Å². The van der Waals surface area contributed by atoms with E-state index in [4.69, 9.17) is 24.2 Å². The van der Waals surface area contributed by atoms with E-state index in [-0.39, 0.29) is 54.6 Å². The maximum absolute atomic E-state index is 13.7. The molecule has 13 heteroatoms. The highest BCUT2D eigenvalue weighted by Gasteiger charge is 2.38. The number of rotatable bonds is 12. The van der Waals surface area contributed by atoms with Crippen molar-refractivity contribution in [1.82, 2.24) is 29.7 Å². The number of benzene rings is 2. The lowest BCUT2D eigenvalue weighted by Gasteiger charge is -2.35. The molecule has 2 fully saturated rings. The van der Waals surface area contributed by atoms with Crippen molar-refractivity contribution in [1.29, 1.82) is 0 Å². The van der Waals surface area contributed by atoms with Gasteiger partial charge in [0, 0.05) is 31.5 Å². The van der Waals surface area contributed by atoms with Gasteiger partial charge in [0.1, 0.15) is 24.3 Å². The summed E-state index contributed by atoms with van der Waals surface area (Å²) in [6.07, 6.45) is 8.96. The first kappa shape index (κ1) is 40.9. The summed E-state index contributed by atoms with van der Waals surface area (Å²) in [6.45, 7) is 8.53. The van der Waals surface area contributed by atoms with Crippen LogP contribution in [0.25, 0.3) is 33.6 Å². The quantitative estimate of drug-likeness (QED) is 0.112. The molecule has 6 rings (SSSR count). The summed E-state index contributed by atoms with van der Waals surface area (Å²) in [6, 6.07) is 16.6. The lowest BCUT2D eigenvalue weighted by molar-refractivity contribution is -0.150. The number of nitrogens with two attached hydrogens (primary N) is 1. The first-order valence-electron chi connectivity index (χ1n) is 19.2. The summed E-state index contributed by atoms with van der Waals surface area (Å²) < 4.78 is 10.4. The molecular formula is C42H55N7O6. The van der Waals surface area contributed by atoms with Crippen molar-refractivity contribution >= 4 is 24.2 Å². The van der Waals surface area contributed by atoms with Crippen molar-refractivity contribution in [2.75, 3.05) is 27.3 Å². The Morgan fingerprint density at radius 2 is 1.36 bits per heavy atom. The number of aromatic amines is 2. The lowest BCUT2D eigenvalue weighted by Crippen LogP contribution is -2.46. The van der Waals surface area contributed by atoms with Crippen LogP contribution < -0.4 is 5.73 Å². The van der Waals surface area contributed by atoms with Crippen molar-refractivity contribution in [2.45, 2.75) is 90.3 Å². The smallest absolute Gasteiger partial charge is 0.325 e. The maximum atomic E-state index is 13.7. The first-order chi connectivity index (χ1) is 26.5. The molecule has 13 nitrogen and oxygen atoms in total. The summed E-state index contributed by atoms with van der Waals surface area (Å²) in [5.41, 5.74) is 10.2. The van der Waals surface area contributed by atoms with E-state index in [1.165, 1.54) is 7.11 Å². The number of H-pyrrole nitrogens is 2. The molecule has 1 aliphatic heterocycles. The molecule has 4 N–H and O–H groups in total. The van der Waals surface area contributed by atoms with E-state index in [2.05, 4.69) is 64.2 Å². The van der Waals surface area contributed by atoms with E-state index >= 15 is 0 Å². The molecule has 294 valence electrons. The lowest BCUT2D eigenvalue weighted by atomic mass is 9.77. The molecule has 1 aliphatic carbocycles. The van der Waals surface area contributed by atoms with Gasteiger partial charge in [-0.15, -0.1) is 0 Å². The van der Waals surface area contributed by atoms with Crippen molar-refractivity contribution in [3.8, 4) is 33.6 Å². The minimum atomic E-state index is -0.456. The fourth-order valence-corrected chi connectivity index (χ4v) is 7.83. The van der Waals surface area contributed by atoms with Crippen LogP contribution in [0.4, 0.5) is 0 Å². The van der Waals surface area contributed by atoms with Crippen LogP contribution in [-0.2, 0) is 28.7 Å². The van der Waals surface area contributed by atoms with E-state index in [0.717, 1.165) is 83.8 Å². The molecule has 4 unspecified atom stereocenters. The molecule has 3 heterocycles. The number of ether oxygens (including phenoxy) is 2. The summed E-state index contributed by atoms with van der Waals surface area (Å²) >= 11 is 0. The fourth-order valence-electron chi connectivity index (χ4n) is 7.83. The summed E-state index contributed by atoms with van der Waals surface area (Å²) in [7, 11) is 2.95. The Kier molecular flexibility index (Phi) is 14.0. The zero-order chi connectivity index (χ0) is 39.6. The Hall–Kier alpha value is -5.30. The molecule has 0 radical (unpaired) electrons. The first-order valence-corrected chi connectivity index (χ1v) is 19.2. The Balaban J connectivity index is 0.00000187. The third-order valence-electron chi connectivity index (χ3n) is 10.7. The molecule has 55 heavy (non-hydrogen) atoms. The zero-order valence-electron chi connectivity index (χ0n) is 32.8. The van der Waals surface area contributed by atoms with Gasteiger partial charge in [0.2, 0.25) is 12.3 Å². The van der Waals surface area contributed by atoms with Gasteiger partial charge in [-0.2, -0.15) is 0 Å². The Bertz CT molecular complexity index is 1880. The summed E-state index contributed by atoms with van der Waals surface area (Å²) in [4.78, 5) is 67.6.